The molecule has 2 atom stereocenters. The van der Waals surface area contributed by atoms with E-state index in [1.54, 1.807) is 18.8 Å². The highest BCUT2D eigenvalue weighted by molar-refractivity contribution is 7.98. The maximum atomic E-state index is 12.4. The van der Waals surface area contributed by atoms with Gasteiger partial charge in [0.25, 0.3) is 5.91 Å². The largest absolute Gasteiger partial charge is 0.359 e. The molecule has 0 aliphatic heterocycles. The van der Waals surface area contributed by atoms with Crippen molar-refractivity contribution in [2.24, 2.45) is 5.92 Å². The van der Waals surface area contributed by atoms with Gasteiger partial charge in [-0.15, -0.1) is 23.1 Å². The summed E-state index contributed by atoms with van der Waals surface area (Å²) in [5.41, 5.74) is 0. The zero-order chi connectivity index (χ0) is 14.5. The third kappa shape index (κ3) is 3.35. The minimum atomic E-state index is -0.101. The maximum absolute atomic E-state index is 12.4. The minimum absolute atomic E-state index is 0.0336. The lowest BCUT2D eigenvalue weighted by molar-refractivity contribution is -0.126. The molecule has 1 fully saturated rings. The quantitative estimate of drug-likeness (QED) is 0.840. The average Bonchev–Trinajstić information content (AvgIpc) is 2.95. The molecule has 1 saturated carbocycles. The Labute approximate surface area is 127 Å². The topological polar surface area (TPSA) is 58.2 Å². The predicted molar refractivity (Wildman–Crippen MR) is 83.4 cm³/mol. The maximum Gasteiger partial charge on any atom is 0.262 e. The van der Waals surface area contributed by atoms with Gasteiger partial charge in [0.15, 0.2) is 0 Å². The van der Waals surface area contributed by atoms with Gasteiger partial charge in [-0.3, -0.25) is 9.59 Å². The first kappa shape index (κ1) is 15.4. The molecule has 0 aromatic carbocycles. The van der Waals surface area contributed by atoms with Gasteiger partial charge in [0.1, 0.15) is 4.88 Å². The number of thiophene rings is 1. The van der Waals surface area contributed by atoms with Crippen LogP contribution >= 0.6 is 23.1 Å². The van der Waals surface area contributed by atoms with Crippen molar-refractivity contribution < 1.29 is 9.59 Å². The number of amides is 2. The van der Waals surface area contributed by atoms with Gasteiger partial charge in [-0.2, -0.15) is 0 Å². The van der Waals surface area contributed by atoms with E-state index in [2.05, 4.69) is 10.6 Å². The standard InChI is InChI=1S/C14H20N2O2S2/c1-15-13(17)9-5-3-4-6-10(9)16-14(18)12-11(19-2)7-8-20-12/h7-10H,3-6H2,1-2H3,(H,15,17)(H,16,18)/t9-,10+/m0/s1. The molecule has 0 unspecified atom stereocenters. The predicted octanol–water partition coefficient (Wildman–Crippen LogP) is 2.50. The number of hydrogen-bond acceptors (Lipinski definition) is 4. The first-order valence-corrected chi connectivity index (χ1v) is 8.91. The summed E-state index contributed by atoms with van der Waals surface area (Å²) in [6, 6.07) is 1.91. The van der Waals surface area contributed by atoms with E-state index in [9.17, 15) is 9.59 Å². The molecule has 4 nitrogen and oxygen atoms in total. The highest BCUT2D eigenvalue weighted by Crippen LogP contribution is 2.28. The van der Waals surface area contributed by atoms with Crippen molar-refractivity contribution in [3.05, 3.63) is 16.3 Å². The smallest absolute Gasteiger partial charge is 0.262 e. The Morgan fingerprint density at radius 1 is 1.35 bits per heavy atom. The van der Waals surface area contributed by atoms with Crippen molar-refractivity contribution in [3.63, 3.8) is 0 Å². The third-order valence-electron chi connectivity index (χ3n) is 3.72. The Balaban J connectivity index is 2.07. The Bertz CT molecular complexity index is 487. The van der Waals surface area contributed by atoms with E-state index >= 15 is 0 Å². The van der Waals surface area contributed by atoms with Crippen molar-refractivity contribution in [1.82, 2.24) is 10.6 Å². The van der Waals surface area contributed by atoms with Crippen LogP contribution in [0.3, 0.4) is 0 Å². The summed E-state index contributed by atoms with van der Waals surface area (Å²) >= 11 is 3.03. The molecule has 6 heteroatoms. The Kier molecular flexibility index (Phi) is 5.48. The van der Waals surface area contributed by atoms with Crippen LogP contribution in [0, 0.1) is 5.92 Å². The number of rotatable bonds is 4. The van der Waals surface area contributed by atoms with E-state index < -0.39 is 0 Å². The van der Waals surface area contributed by atoms with Gasteiger partial charge in [0, 0.05) is 18.0 Å². The van der Waals surface area contributed by atoms with E-state index in [-0.39, 0.29) is 23.8 Å². The lowest BCUT2D eigenvalue weighted by Gasteiger charge is -2.30. The molecule has 2 amide bonds. The van der Waals surface area contributed by atoms with Crippen molar-refractivity contribution in [2.45, 2.75) is 36.6 Å². The van der Waals surface area contributed by atoms with Crippen LogP contribution < -0.4 is 10.6 Å². The van der Waals surface area contributed by atoms with Gasteiger partial charge >= 0.3 is 0 Å². The fraction of sp³-hybridized carbons (Fsp3) is 0.571. The SMILES string of the molecule is CNC(=O)[C@H]1CCCC[C@H]1NC(=O)c1sccc1SC. The monoisotopic (exact) mass is 312 g/mol. The van der Waals surface area contributed by atoms with Crippen LogP contribution in [0.1, 0.15) is 35.4 Å². The van der Waals surface area contributed by atoms with Gasteiger partial charge in [0.05, 0.1) is 5.92 Å². The molecule has 110 valence electrons. The lowest BCUT2D eigenvalue weighted by atomic mass is 9.84. The number of carbonyl (C=O) groups is 2. The van der Waals surface area contributed by atoms with E-state index in [4.69, 9.17) is 0 Å². The molecule has 0 bridgehead atoms. The van der Waals surface area contributed by atoms with Crippen LogP contribution in [0.2, 0.25) is 0 Å². The molecule has 1 heterocycles. The van der Waals surface area contributed by atoms with E-state index in [1.807, 2.05) is 17.7 Å². The summed E-state index contributed by atoms with van der Waals surface area (Å²) in [4.78, 5) is 26.0. The molecule has 1 aromatic rings. The van der Waals surface area contributed by atoms with E-state index in [0.29, 0.717) is 0 Å². The second-order valence-electron chi connectivity index (χ2n) is 4.90. The summed E-state index contributed by atoms with van der Waals surface area (Å²) in [6.45, 7) is 0. The number of nitrogens with one attached hydrogen (secondary N) is 2. The molecular weight excluding hydrogens is 292 g/mol. The molecule has 1 aromatic heterocycles. The summed E-state index contributed by atoms with van der Waals surface area (Å²) < 4.78 is 0. The lowest BCUT2D eigenvalue weighted by Crippen LogP contribution is -2.47. The molecular formula is C14H20N2O2S2. The normalized spacial score (nSPS) is 22.3. The molecule has 0 saturated heterocycles. The molecule has 20 heavy (non-hydrogen) atoms. The van der Waals surface area contributed by atoms with Crippen LogP contribution in [0.25, 0.3) is 0 Å². The fourth-order valence-electron chi connectivity index (χ4n) is 2.66. The van der Waals surface area contributed by atoms with Gasteiger partial charge in [-0.1, -0.05) is 12.8 Å². The molecule has 0 radical (unpaired) electrons. The van der Waals surface area contributed by atoms with Crippen molar-refractivity contribution >= 4 is 34.9 Å². The minimum Gasteiger partial charge on any atom is -0.359 e. The Hall–Kier alpha value is -1.01. The fourth-order valence-corrected chi connectivity index (χ4v) is 4.31. The molecule has 1 aliphatic carbocycles. The van der Waals surface area contributed by atoms with Gasteiger partial charge in [-0.05, 0) is 30.5 Å². The van der Waals surface area contributed by atoms with Gasteiger partial charge in [0.2, 0.25) is 5.91 Å². The highest BCUT2D eigenvalue weighted by Gasteiger charge is 2.32. The van der Waals surface area contributed by atoms with Gasteiger partial charge < -0.3 is 10.6 Å². The first-order chi connectivity index (χ1) is 9.67. The van der Waals surface area contributed by atoms with Crippen LogP contribution in [0.4, 0.5) is 0 Å². The van der Waals surface area contributed by atoms with Crippen molar-refractivity contribution in [1.29, 1.82) is 0 Å². The highest BCUT2D eigenvalue weighted by atomic mass is 32.2. The van der Waals surface area contributed by atoms with Crippen molar-refractivity contribution in [3.8, 4) is 0 Å². The Morgan fingerprint density at radius 3 is 2.80 bits per heavy atom. The van der Waals surface area contributed by atoms with Crippen LogP contribution in [0.5, 0.6) is 0 Å². The summed E-state index contributed by atoms with van der Waals surface area (Å²) in [6.07, 6.45) is 5.82. The molecule has 2 N–H and O–H groups in total. The molecule has 2 rings (SSSR count). The number of thioether (sulfide) groups is 1. The second-order valence-corrected chi connectivity index (χ2v) is 6.67. The third-order valence-corrected chi connectivity index (χ3v) is 5.54. The second kappa shape index (κ2) is 7.13. The molecule has 1 aliphatic rings. The van der Waals surface area contributed by atoms with E-state index in [0.717, 1.165) is 35.5 Å². The van der Waals surface area contributed by atoms with E-state index in [1.165, 1.54) is 11.3 Å². The first-order valence-electron chi connectivity index (χ1n) is 6.81. The van der Waals surface area contributed by atoms with Crippen LogP contribution in [-0.2, 0) is 4.79 Å². The van der Waals surface area contributed by atoms with Crippen LogP contribution in [0.15, 0.2) is 16.3 Å². The van der Waals surface area contributed by atoms with Crippen LogP contribution in [-0.4, -0.2) is 31.2 Å². The molecule has 0 spiro atoms. The average molecular weight is 312 g/mol. The summed E-state index contributed by atoms with van der Waals surface area (Å²) in [5.74, 6) is -0.119. The summed E-state index contributed by atoms with van der Waals surface area (Å²) in [7, 11) is 1.65. The zero-order valence-electron chi connectivity index (χ0n) is 11.8. The number of hydrogen-bond donors (Lipinski definition) is 2. The Morgan fingerprint density at radius 2 is 2.10 bits per heavy atom. The van der Waals surface area contributed by atoms with Crippen molar-refractivity contribution in [2.75, 3.05) is 13.3 Å². The van der Waals surface area contributed by atoms with Gasteiger partial charge in [-0.25, -0.2) is 0 Å². The zero-order valence-corrected chi connectivity index (χ0v) is 13.4. The number of carbonyl (C=O) groups excluding carboxylic acids is 2. The summed E-state index contributed by atoms with van der Waals surface area (Å²) in [5, 5.41) is 7.69.